The van der Waals surface area contributed by atoms with Gasteiger partial charge in [0.05, 0.1) is 17.8 Å². The molecule has 0 bridgehead atoms. The van der Waals surface area contributed by atoms with Gasteiger partial charge in [-0.15, -0.1) is 0 Å². The number of rotatable bonds is 3. The van der Waals surface area contributed by atoms with Crippen LogP contribution in [0.2, 0.25) is 0 Å². The predicted molar refractivity (Wildman–Crippen MR) is 89.5 cm³/mol. The molecule has 2 atom stereocenters. The second-order valence-corrected chi connectivity index (χ2v) is 6.73. The summed E-state index contributed by atoms with van der Waals surface area (Å²) in [5.41, 5.74) is 0.981. The van der Waals surface area contributed by atoms with Crippen LogP contribution in [0, 0.1) is 11.8 Å². The molecule has 2 unspecified atom stereocenters. The highest BCUT2D eigenvalue weighted by molar-refractivity contribution is 5.91. The Morgan fingerprint density at radius 2 is 2.00 bits per heavy atom. The Hall–Kier alpha value is -1.83. The Bertz CT molecular complexity index is 585. The quantitative estimate of drug-likeness (QED) is 0.874. The molecule has 0 radical (unpaired) electrons. The van der Waals surface area contributed by atoms with Gasteiger partial charge < -0.3 is 15.5 Å². The monoisotopic (exact) mass is 356 g/mol. The zero-order valence-corrected chi connectivity index (χ0v) is 14.0. The van der Waals surface area contributed by atoms with Crippen molar-refractivity contribution >= 4 is 17.4 Å². The molecule has 1 amide bonds. The number of nitrogens with zero attached hydrogens (tertiary/aromatic N) is 2. The summed E-state index contributed by atoms with van der Waals surface area (Å²) >= 11 is 0. The summed E-state index contributed by atoms with van der Waals surface area (Å²) in [6.45, 7) is 3.63. The van der Waals surface area contributed by atoms with Crippen molar-refractivity contribution in [1.29, 1.82) is 0 Å². The molecule has 138 valence electrons. The van der Waals surface area contributed by atoms with Crippen LogP contribution in [0.25, 0.3) is 0 Å². The molecule has 2 aliphatic rings. The zero-order valence-electron chi connectivity index (χ0n) is 14.0. The van der Waals surface area contributed by atoms with Crippen molar-refractivity contribution in [2.24, 2.45) is 11.8 Å². The molecule has 5 nitrogen and oxygen atoms in total. The van der Waals surface area contributed by atoms with Crippen molar-refractivity contribution < 1.29 is 18.0 Å². The molecule has 3 rings (SSSR count). The van der Waals surface area contributed by atoms with Gasteiger partial charge in [0.2, 0.25) is 5.91 Å². The van der Waals surface area contributed by atoms with E-state index < -0.39 is 18.0 Å². The zero-order chi connectivity index (χ0) is 17.9. The molecule has 0 spiro atoms. The molecule has 1 aromatic rings. The van der Waals surface area contributed by atoms with E-state index in [0.717, 1.165) is 31.9 Å². The molecule has 1 saturated carbocycles. The molecule has 25 heavy (non-hydrogen) atoms. The average Bonchev–Trinajstić information content (AvgIpc) is 2.62. The van der Waals surface area contributed by atoms with E-state index in [0.29, 0.717) is 18.7 Å². The first-order valence-electron chi connectivity index (χ1n) is 8.73. The summed E-state index contributed by atoms with van der Waals surface area (Å²) < 4.78 is 38.6. The van der Waals surface area contributed by atoms with E-state index in [1.54, 1.807) is 12.3 Å². The van der Waals surface area contributed by atoms with Crippen LogP contribution < -0.4 is 15.5 Å². The van der Waals surface area contributed by atoms with E-state index in [-0.39, 0.29) is 18.7 Å². The predicted octanol–water partition coefficient (Wildman–Crippen LogP) is 2.80. The van der Waals surface area contributed by atoms with Crippen molar-refractivity contribution in [3.05, 3.63) is 18.3 Å². The number of piperazine rings is 1. The molecule has 1 saturated heterocycles. The van der Waals surface area contributed by atoms with Gasteiger partial charge in [-0.3, -0.25) is 4.79 Å². The minimum atomic E-state index is -4.22. The maximum atomic E-state index is 12.9. The molecular weight excluding hydrogens is 333 g/mol. The smallest absolute Gasteiger partial charge is 0.368 e. The third kappa shape index (κ3) is 4.62. The highest BCUT2D eigenvalue weighted by Gasteiger charge is 2.43. The highest BCUT2D eigenvalue weighted by atomic mass is 19.4. The highest BCUT2D eigenvalue weighted by Crippen LogP contribution is 2.40. The lowest BCUT2D eigenvalue weighted by molar-refractivity contribution is -0.185. The van der Waals surface area contributed by atoms with Crippen LogP contribution in [-0.4, -0.2) is 43.2 Å². The molecule has 1 aliphatic carbocycles. The fourth-order valence-electron chi connectivity index (χ4n) is 3.52. The van der Waals surface area contributed by atoms with Gasteiger partial charge in [0.15, 0.2) is 0 Å². The lowest BCUT2D eigenvalue weighted by Crippen LogP contribution is -2.43. The van der Waals surface area contributed by atoms with Crippen molar-refractivity contribution in [3.8, 4) is 0 Å². The number of aromatic nitrogens is 1. The Labute approximate surface area is 145 Å². The van der Waals surface area contributed by atoms with Gasteiger partial charge in [-0.2, -0.15) is 13.2 Å². The third-order valence-corrected chi connectivity index (χ3v) is 4.99. The van der Waals surface area contributed by atoms with E-state index in [9.17, 15) is 18.0 Å². The second-order valence-electron chi connectivity index (χ2n) is 6.73. The number of carbonyl (C=O) groups excluding carboxylic acids is 1. The summed E-state index contributed by atoms with van der Waals surface area (Å²) in [5, 5.41) is 5.94. The van der Waals surface area contributed by atoms with Gasteiger partial charge >= 0.3 is 6.18 Å². The number of anilines is 2. The normalized spacial score (nSPS) is 24.8. The van der Waals surface area contributed by atoms with E-state index in [1.165, 1.54) is 0 Å². The number of halogens is 3. The Balaban J connectivity index is 1.57. The molecule has 2 fully saturated rings. The van der Waals surface area contributed by atoms with Crippen LogP contribution in [0.3, 0.4) is 0 Å². The van der Waals surface area contributed by atoms with Crippen LogP contribution in [0.15, 0.2) is 18.3 Å². The standard InChI is InChI=1S/C17H23F3N4O/c18-17(19,20)13-3-1-2-12(10-13)16(25)23-15-5-4-14(11-22-15)24-8-6-21-7-9-24/h4-5,11-13,21H,1-3,6-10H2,(H,22,23,25). The van der Waals surface area contributed by atoms with Crippen LogP contribution in [0.1, 0.15) is 25.7 Å². The maximum absolute atomic E-state index is 12.9. The average molecular weight is 356 g/mol. The van der Waals surface area contributed by atoms with Gasteiger partial charge in [-0.1, -0.05) is 6.42 Å². The van der Waals surface area contributed by atoms with E-state index in [2.05, 4.69) is 20.5 Å². The van der Waals surface area contributed by atoms with Crippen LogP contribution in [0.4, 0.5) is 24.7 Å². The van der Waals surface area contributed by atoms with Gasteiger partial charge in [-0.05, 0) is 31.4 Å². The Kier molecular flexibility index (Phi) is 5.46. The fourth-order valence-corrected chi connectivity index (χ4v) is 3.52. The van der Waals surface area contributed by atoms with Gasteiger partial charge in [-0.25, -0.2) is 4.98 Å². The molecule has 0 aromatic carbocycles. The molecule has 1 aromatic heterocycles. The lowest BCUT2D eigenvalue weighted by atomic mass is 9.80. The van der Waals surface area contributed by atoms with Crippen LogP contribution in [-0.2, 0) is 4.79 Å². The topological polar surface area (TPSA) is 57.3 Å². The fraction of sp³-hybridized carbons (Fsp3) is 0.647. The molecule has 8 heteroatoms. The summed E-state index contributed by atoms with van der Waals surface area (Å²) in [5.74, 6) is -1.95. The first-order valence-corrected chi connectivity index (χ1v) is 8.73. The van der Waals surface area contributed by atoms with Crippen LogP contribution >= 0.6 is 0 Å². The Morgan fingerprint density at radius 3 is 2.64 bits per heavy atom. The third-order valence-electron chi connectivity index (χ3n) is 4.99. The summed E-state index contributed by atoms with van der Waals surface area (Å²) in [7, 11) is 0. The Morgan fingerprint density at radius 1 is 1.24 bits per heavy atom. The summed E-state index contributed by atoms with van der Waals surface area (Å²) in [6.07, 6.45) is -1.61. The minimum Gasteiger partial charge on any atom is -0.368 e. The lowest BCUT2D eigenvalue weighted by Gasteiger charge is -2.30. The maximum Gasteiger partial charge on any atom is 0.391 e. The minimum absolute atomic E-state index is 0.116. The van der Waals surface area contributed by atoms with E-state index in [1.807, 2.05) is 6.07 Å². The molecule has 1 aliphatic heterocycles. The number of carbonyl (C=O) groups is 1. The first-order chi connectivity index (χ1) is 11.9. The van der Waals surface area contributed by atoms with Crippen molar-refractivity contribution in [3.63, 3.8) is 0 Å². The summed E-state index contributed by atoms with van der Waals surface area (Å²) in [4.78, 5) is 18.7. The van der Waals surface area contributed by atoms with Gasteiger partial charge in [0, 0.05) is 32.1 Å². The summed E-state index contributed by atoms with van der Waals surface area (Å²) in [6, 6.07) is 3.59. The van der Waals surface area contributed by atoms with E-state index in [4.69, 9.17) is 0 Å². The van der Waals surface area contributed by atoms with Crippen molar-refractivity contribution in [2.45, 2.75) is 31.9 Å². The number of alkyl halides is 3. The second kappa shape index (κ2) is 7.59. The number of pyridine rings is 1. The SMILES string of the molecule is O=C(Nc1ccc(N2CCNCC2)cn1)C1CCCC(C(F)(F)F)C1. The number of amides is 1. The number of hydrogen-bond acceptors (Lipinski definition) is 4. The number of nitrogens with one attached hydrogen (secondary N) is 2. The number of hydrogen-bond donors (Lipinski definition) is 2. The van der Waals surface area contributed by atoms with Gasteiger partial charge in [0.25, 0.3) is 0 Å². The molecular formula is C17H23F3N4O. The van der Waals surface area contributed by atoms with Crippen LogP contribution in [0.5, 0.6) is 0 Å². The first kappa shape index (κ1) is 18.0. The van der Waals surface area contributed by atoms with E-state index >= 15 is 0 Å². The van der Waals surface area contributed by atoms with Crippen molar-refractivity contribution in [2.75, 3.05) is 36.4 Å². The largest absolute Gasteiger partial charge is 0.391 e. The van der Waals surface area contributed by atoms with Gasteiger partial charge in [0.1, 0.15) is 5.82 Å². The van der Waals surface area contributed by atoms with Crippen molar-refractivity contribution in [1.82, 2.24) is 10.3 Å². The molecule has 2 N–H and O–H groups in total. The molecule has 2 heterocycles.